The number of nitrogens with zero attached hydrogens (tertiary/aromatic N) is 1. The van der Waals surface area contributed by atoms with Gasteiger partial charge in [0.05, 0.1) is 0 Å². The molecule has 2 fully saturated rings. The molecule has 2 aliphatic heterocycles. The highest BCUT2D eigenvalue weighted by molar-refractivity contribution is 7.87. The molecule has 0 saturated carbocycles. The quantitative estimate of drug-likeness (QED) is 0.571. The molecule has 2 heterocycles. The van der Waals surface area contributed by atoms with Gasteiger partial charge in [0.15, 0.2) is 0 Å². The maximum Gasteiger partial charge on any atom is 0.322 e. The minimum absolute atomic E-state index is 0.215. The highest BCUT2D eigenvalue weighted by atomic mass is 32.2. The number of carbonyl (C=O) groups is 2. The van der Waals surface area contributed by atoms with E-state index in [9.17, 15) is 18.0 Å². The van der Waals surface area contributed by atoms with Crippen LogP contribution in [0.15, 0.2) is 0 Å². The third-order valence-corrected chi connectivity index (χ3v) is 5.08. The van der Waals surface area contributed by atoms with E-state index in [1.165, 1.54) is 4.31 Å². The summed E-state index contributed by atoms with van der Waals surface area (Å²) in [5.74, 6) is -0.365. The van der Waals surface area contributed by atoms with Gasteiger partial charge >= 0.3 is 6.03 Å². The first-order chi connectivity index (χ1) is 8.89. The molecule has 8 nitrogen and oxygen atoms in total. The Kier molecular flexibility index (Phi) is 3.79. The van der Waals surface area contributed by atoms with E-state index in [-0.39, 0.29) is 31.8 Å². The van der Waals surface area contributed by atoms with Crippen molar-refractivity contribution in [2.24, 2.45) is 0 Å². The Morgan fingerprint density at radius 2 is 1.95 bits per heavy atom. The van der Waals surface area contributed by atoms with Crippen LogP contribution in [0.5, 0.6) is 0 Å². The van der Waals surface area contributed by atoms with E-state index in [1.807, 2.05) is 6.92 Å². The molecule has 0 atom stereocenters. The smallest absolute Gasteiger partial charge is 0.322 e. The lowest BCUT2D eigenvalue weighted by atomic mass is 9.89. The number of hydrogen-bond donors (Lipinski definition) is 3. The predicted octanol–water partition coefficient (Wildman–Crippen LogP) is -1.10. The van der Waals surface area contributed by atoms with E-state index >= 15 is 0 Å². The third-order valence-electron chi connectivity index (χ3n) is 3.46. The average Bonchev–Trinajstić information content (AvgIpc) is 2.62. The number of piperidine rings is 1. The molecule has 1 spiro atoms. The Hall–Kier alpha value is -1.19. The molecular weight excluding hydrogens is 272 g/mol. The largest absolute Gasteiger partial charge is 0.323 e. The van der Waals surface area contributed by atoms with E-state index in [0.29, 0.717) is 6.54 Å². The number of imide groups is 1. The van der Waals surface area contributed by atoms with Crippen molar-refractivity contribution < 1.29 is 18.0 Å². The van der Waals surface area contributed by atoms with Crippen molar-refractivity contribution in [2.45, 2.75) is 31.7 Å². The Morgan fingerprint density at radius 1 is 1.32 bits per heavy atom. The van der Waals surface area contributed by atoms with Crippen LogP contribution in [0.25, 0.3) is 0 Å². The second-order valence-electron chi connectivity index (χ2n) is 4.79. The zero-order valence-electron chi connectivity index (χ0n) is 10.7. The summed E-state index contributed by atoms with van der Waals surface area (Å²) in [6.45, 7) is 2.70. The van der Waals surface area contributed by atoms with Crippen LogP contribution in [0.2, 0.25) is 0 Å². The Labute approximate surface area is 112 Å². The first kappa shape index (κ1) is 14.2. The summed E-state index contributed by atoms with van der Waals surface area (Å²) < 4.78 is 27.6. The number of nitrogens with one attached hydrogen (secondary N) is 3. The molecule has 0 aromatic carbocycles. The second kappa shape index (κ2) is 5.06. The van der Waals surface area contributed by atoms with Gasteiger partial charge in [-0.25, -0.2) is 9.52 Å². The van der Waals surface area contributed by atoms with Crippen LogP contribution >= 0.6 is 0 Å². The molecule has 0 unspecified atom stereocenters. The monoisotopic (exact) mass is 290 g/mol. The van der Waals surface area contributed by atoms with Crippen molar-refractivity contribution in [1.82, 2.24) is 19.7 Å². The van der Waals surface area contributed by atoms with Gasteiger partial charge in [-0.15, -0.1) is 0 Å². The number of hydrogen-bond acceptors (Lipinski definition) is 4. The van der Waals surface area contributed by atoms with Gasteiger partial charge in [0.2, 0.25) is 0 Å². The molecule has 2 aliphatic rings. The van der Waals surface area contributed by atoms with Crippen LogP contribution in [-0.2, 0) is 15.0 Å². The van der Waals surface area contributed by atoms with Crippen molar-refractivity contribution >= 4 is 22.1 Å². The van der Waals surface area contributed by atoms with Crippen LogP contribution in [0.3, 0.4) is 0 Å². The third kappa shape index (κ3) is 2.72. The summed E-state index contributed by atoms with van der Waals surface area (Å²) in [6, 6.07) is -0.509. The van der Waals surface area contributed by atoms with E-state index in [1.54, 1.807) is 0 Å². The highest BCUT2D eigenvalue weighted by Gasteiger charge is 2.49. The molecule has 3 amide bonds. The van der Waals surface area contributed by atoms with Gasteiger partial charge in [0.25, 0.3) is 16.1 Å². The van der Waals surface area contributed by atoms with Crippen molar-refractivity contribution in [3.05, 3.63) is 0 Å². The van der Waals surface area contributed by atoms with Gasteiger partial charge < -0.3 is 5.32 Å². The van der Waals surface area contributed by atoms with E-state index < -0.39 is 21.8 Å². The standard InChI is InChI=1S/C10H18N4O4S/c1-2-5-11-19(17,18)14-6-3-10(4-7-14)8(15)12-9(16)13-10/h11H,2-7H2,1H3,(H2,12,13,15,16). The van der Waals surface area contributed by atoms with Gasteiger partial charge in [-0.2, -0.15) is 12.7 Å². The van der Waals surface area contributed by atoms with Crippen LogP contribution < -0.4 is 15.4 Å². The number of carbonyl (C=O) groups excluding carboxylic acids is 2. The van der Waals surface area contributed by atoms with Crippen LogP contribution in [0, 0.1) is 0 Å². The molecule has 0 radical (unpaired) electrons. The lowest BCUT2D eigenvalue weighted by Gasteiger charge is -2.36. The molecule has 108 valence electrons. The lowest BCUT2D eigenvalue weighted by Crippen LogP contribution is -2.57. The summed E-state index contributed by atoms with van der Waals surface area (Å²) >= 11 is 0. The summed E-state index contributed by atoms with van der Waals surface area (Å²) in [6.07, 6.45) is 1.30. The average molecular weight is 290 g/mol. The van der Waals surface area contributed by atoms with Crippen molar-refractivity contribution in [3.63, 3.8) is 0 Å². The van der Waals surface area contributed by atoms with Gasteiger partial charge in [0.1, 0.15) is 5.54 Å². The zero-order chi connectivity index (χ0) is 14.1. The topological polar surface area (TPSA) is 108 Å². The van der Waals surface area contributed by atoms with Gasteiger partial charge in [-0.05, 0) is 19.3 Å². The summed E-state index contributed by atoms with van der Waals surface area (Å²) in [5.41, 5.74) is -0.937. The summed E-state index contributed by atoms with van der Waals surface area (Å²) in [7, 11) is -3.48. The first-order valence-electron chi connectivity index (χ1n) is 6.28. The Morgan fingerprint density at radius 3 is 2.42 bits per heavy atom. The molecule has 0 bridgehead atoms. The zero-order valence-corrected chi connectivity index (χ0v) is 11.5. The van der Waals surface area contributed by atoms with Gasteiger partial charge in [-0.1, -0.05) is 6.92 Å². The maximum atomic E-state index is 11.9. The van der Waals surface area contributed by atoms with Crippen molar-refractivity contribution in [1.29, 1.82) is 0 Å². The fourth-order valence-corrected chi connectivity index (χ4v) is 3.62. The second-order valence-corrected chi connectivity index (χ2v) is 6.54. The Balaban J connectivity index is 2.00. The number of amides is 3. The number of rotatable bonds is 4. The number of urea groups is 1. The van der Waals surface area contributed by atoms with Crippen LogP contribution in [-0.4, -0.2) is 49.8 Å². The predicted molar refractivity (Wildman–Crippen MR) is 67.4 cm³/mol. The van der Waals surface area contributed by atoms with Gasteiger partial charge in [-0.3, -0.25) is 10.1 Å². The van der Waals surface area contributed by atoms with E-state index in [0.717, 1.165) is 6.42 Å². The van der Waals surface area contributed by atoms with Gasteiger partial charge in [0, 0.05) is 19.6 Å². The first-order valence-corrected chi connectivity index (χ1v) is 7.72. The normalized spacial score (nSPS) is 23.4. The SMILES string of the molecule is CCCNS(=O)(=O)N1CCC2(CC1)NC(=O)NC2=O. The molecule has 0 aliphatic carbocycles. The molecule has 3 N–H and O–H groups in total. The fraction of sp³-hybridized carbons (Fsp3) is 0.800. The highest BCUT2D eigenvalue weighted by Crippen LogP contribution is 2.26. The Bertz CT molecular complexity index is 482. The molecule has 0 aromatic heterocycles. The summed E-state index contributed by atoms with van der Waals surface area (Å²) in [4.78, 5) is 22.9. The summed E-state index contributed by atoms with van der Waals surface area (Å²) in [5, 5.41) is 4.79. The minimum atomic E-state index is -3.48. The molecule has 2 rings (SSSR count). The fourth-order valence-electron chi connectivity index (χ4n) is 2.31. The van der Waals surface area contributed by atoms with E-state index in [2.05, 4.69) is 15.4 Å². The molecule has 9 heteroatoms. The molecule has 0 aromatic rings. The minimum Gasteiger partial charge on any atom is -0.323 e. The molecular formula is C10H18N4O4S. The van der Waals surface area contributed by atoms with Crippen molar-refractivity contribution in [2.75, 3.05) is 19.6 Å². The van der Waals surface area contributed by atoms with Crippen molar-refractivity contribution in [3.8, 4) is 0 Å². The lowest BCUT2D eigenvalue weighted by molar-refractivity contribution is -0.125. The van der Waals surface area contributed by atoms with Crippen LogP contribution in [0.1, 0.15) is 26.2 Å². The maximum absolute atomic E-state index is 11.9. The van der Waals surface area contributed by atoms with E-state index in [4.69, 9.17) is 0 Å². The van der Waals surface area contributed by atoms with Crippen LogP contribution in [0.4, 0.5) is 4.79 Å². The molecule has 19 heavy (non-hydrogen) atoms. The molecule has 2 saturated heterocycles.